The van der Waals surface area contributed by atoms with Crippen LogP contribution in [0.2, 0.25) is 0 Å². The highest BCUT2D eigenvalue weighted by Gasteiger charge is 2.55. The van der Waals surface area contributed by atoms with Gasteiger partial charge in [-0.15, -0.1) is 0 Å². The lowest BCUT2D eigenvalue weighted by Gasteiger charge is -2.52. The van der Waals surface area contributed by atoms with Crippen molar-refractivity contribution in [3.8, 4) is 0 Å². The third-order valence-electron chi connectivity index (χ3n) is 4.92. The second kappa shape index (κ2) is 6.10. The lowest BCUT2D eigenvalue weighted by atomic mass is 9.88. The molecule has 0 aromatic rings. The van der Waals surface area contributed by atoms with Crippen LogP contribution in [-0.4, -0.2) is 62.4 Å². The van der Waals surface area contributed by atoms with Gasteiger partial charge in [-0.1, -0.05) is 0 Å². The fraction of sp³-hybridized carbons (Fsp3) is 1.00. The van der Waals surface area contributed by atoms with Gasteiger partial charge in [0.1, 0.15) is 12.2 Å². The molecule has 0 saturated carbocycles. The monoisotopic (exact) mass is 302 g/mol. The maximum atomic E-state index is 9.63. The highest BCUT2D eigenvalue weighted by molar-refractivity contribution is 4.95. The molecule has 21 heavy (non-hydrogen) atoms. The van der Waals surface area contributed by atoms with Gasteiger partial charge >= 0.3 is 0 Å². The van der Waals surface area contributed by atoms with E-state index in [-0.39, 0.29) is 18.8 Å². The second-order valence-corrected chi connectivity index (χ2v) is 6.25. The molecule has 3 rings (SSSR count). The minimum Gasteiger partial charge on any atom is -0.394 e. The number of aliphatic hydroxyl groups excluding tert-OH is 1. The number of hydrogen-bond acceptors (Lipinski definition) is 6. The SMILES string of the molecule is CO[C@H]1[C@H](OC)C[C@]2(CCC[C@@]3(CCCO3)O2)O[C@@H]1CO. The maximum Gasteiger partial charge on any atom is 0.174 e. The molecule has 2 spiro atoms. The molecule has 0 radical (unpaired) electrons. The van der Waals surface area contributed by atoms with Crippen molar-refractivity contribution in [1.82, 2.24) is 0 Å². The van der Waals surface area contributed by atoms with Crippen molar-refractivity contribution in [2.24, 2.45) is 0 Å². The van der Waals surface area contributed by atoms with Crippen LogP contribution in [0.3, 0.4) is 0 Å². The standard InChI is InChI=1S/C15H26O6/c1-17-11-9-15(20-12(10-16)13(11)18-2)6-3-5-14(21-15)7-4-8-19-14/h11-13,16H,3-10H2,1-2H3/t11-,12-,13+,14+,15-/m1/s1. The van der Waals surface area contributed by atoms with E-state index in [2.05, 4.69) is 0 Å². The normalized spacial score (nSPS) is 47.3. The summed E-state index contributed by atoms with van der Waals surface area (Å²) in [5, 5.41) is 9.63. The van der Waals surface area contributed by atoms with Gasteiger partial charge in [-0.25, -0.2) is 0 Å². The van der Waals surface area contributed by atoms with Crippen LogP contribution in [0.1, 0.15) is 38.5 Å². The van der Waals surface area contributed by atoms with Gasteiger partial charge < -0.3 is 28.8 Å². The van der Waals surface area contributed by atoms with Crippen LogP contribution in [0.5, 0.6) is 0 Å². The first kappa shape index (κ1) is 15.6. The summed E-state index contributed by atoms with van der Waals surface area (Å²) in [7, 11) is 3.28. The van der Waals surface area contributed by atoms with E-state index in [0.717, 1.165) is 38.7 Å². The zero-order valence-corrected chi connectivity index (χ0v) is 12.9. The molecule has 0 aromatic heterocycles. The average molecular weight is 302 g/mol. The Morgan fingerprint density at radius 2 is 1.86 bits per heavy atom. The highest BCUT2D eigenvalue weighted by atomic mass is 16.8. The van der Waals surface area contributed by atoms with E-state index in [0.29, 0.717) is 6.42 Å². The van der Waals surface area contributed by atoms with E-state index in [4.69, 9.17) is 23.7 Å². The van der Waals surface area contributed by atoms with Gasteiger partial charge in [-0.3, -0.25) is 0 Å². The minimum absolute atomic E-state index is 0.114. The Hall–Kier alpha value is -0.240. The van der Waals surface area contributed by atoms with Gasteiger partial charge in [-0.2, -0.15) is 0 Å². The molecule has 5 atom stereocenters. The van der Waals surface area contributed by atoms with Crippen LogP contribution in [0.4, 0.5) is 0 Å². The average Bonchev–Trinajstić information content (AvgIpc) is 2.93. The van der Waals surface area contributed by atoms with E-state index in [1.807, 2.05) is 0 Å². The number of rotatable bonds is 3. The largest absolute Gasteiger partial charge is 0.394 e. The smallest absolute Gasteiger partial charge is 0.174 e. The van der Waals surface area contributed by atoms with E-state index in [9.17, 15) is 5.11 Å². The van der Waals surface area contributed by atoms with Crippen molar-refractivity contribution >= 4 is 0 Å². The van der Waals surface area contributed by atoms with Crippen molar-refractivity contribution in [2.45, 2.75) is 68.4 Å². The Morgan fingerprint density at radius 3 is 2.48 bits per heavy atom. The Balaban J connectivity index is 1.80. The molecular formula is C15H26O6. The molecular weight excluding hydrogens is 276 g/mol. The van der Waals surface area contributed by atoms with E-state index >= 15 is 0 Å². The molecule has 6 heteroatoms. The lowest BCUT2D eigenvalue weighted by Crippen LogP contribution is -2.61. The molecule has 3 aliphatic rings. The van der Waals surface area contributed by atoms with Crippen LogP contribution < -0.4 is 0 Å². The minimum atomic E-state index is -0.730. The predicted octanol–water partition coefficient (Wildman–Crippen LogP) is 1.20. The maximum absolute atomic E-state index is 9.63. The number of hydrogen-bond donors (Lipinski definition) is 1. The first-order valence-electron chi connectivity index (χ1n) is 7.84. The first-order valence-corrected chi connectivity index (χ1v) is 7.84. The molecule has 0 unspecified atom stereocenters. The van der Waals surface area contributed by atoms with Gasteiger partial charge in [0, 0.05) is 39.9 Å². The lowest BCUT2D eigenvalue weighted by molar-refractivity contribution is -0.409. The summed E-state index contributed by atoms with van der Waals surface area (Å²) in [4.78, 5) is 0. The van der Waals surface area contributed by atoms with Crippen LogP contribution in [-0.2, 0) is 23.7 Å². The Labute approximate surface area is 125 Å². The fourth-order valence-corrected chi connectivity index (χ4v) is 3.96. The van der Waals surface area contributed by atoms with Gasteiger partial charge in [0.25, 0.3) is 0 Å². The summed E-state index contributed by atoms with van der Waals surface area (Å²) < 4.78 is 29.3. The Morgan fingerprint density at radius 1 is 1.10 bits per heavy atom. The zero-order valence-electron chi connectivity index (χ0n) is 12.9. The summed E-state index contributed by atoms with van der Waals surface area (Å²) in [6, 6.07) is 0. The quantitative estimate of drug-likeness (QED) is 0.845. The van der Waals surface area contributed by atoms with E-state index in [1.165, 1.54) is 0 Å². The van der Waals surface area contributed by atoms with Crippen LogP contribution in [0.25, 0.3) is 0 Å². The van der Waals surface area contributed by atoms with Gasteiger partial charge in [0.2, 0.25) is 0 Å². The molecule has 122 valence electrons. The topological polar surface area (TPSA) is 66.4 Å². The van der Waals surface area contributed by atoms with Crippen molar-refractivity contribution in [1.29, 1.82) is 0 Å². The van der Waals surface area contributed by atoms with Crippen molar-refractivity contribution in [3.05, 3.63) is 0 Å². The molecule has 3 heterocycles. The Kier molecular flexibility index (Phi) is 4.55. The molecule has 0 aliphatic carbocycles. The van der Waals surface area contributed by atoms with Crippen LogP contribution in [0, 0.1) is 0 Å². The molecule has 1 N–H and O–H groups in total. The van der Waals surface area contributed by atoms with Gasteiger partial charge in [0.15, 0.2) is 11.6 Å². The van der Waals surface area contributed by atoms with E-state index in [1.54, 1.807) is 14.2 Å². The number of methoxy groups -OCH3 is 2. The predicted molar refractivity (Wildman–Crippen MR) is 73.8 cm³/mol. The molecule has 0 amide bonds. The molecule has 3 aliphatic heterocycles. The molecule has 0 aromatic carbocycles. The third kappa shape index (κ3) is 2.85. The third-order valence-corrected chi connectivity index (χ3v) is 4.92. The van der Waals surface area contributed by atoms with Crippen LogP contribution in [0.15, 0.2) is 0 Å². The van der Waals surface area contributed by atoms with Crippen molar-refractivity contribution in [3.63, 3.8) is 0 Å². The van der Waals surface area contributed by atoms with E-state index < -0.39 is 17.7 Å². The fourth-order valence-electron chi connectivity index (χ4n) is 3.96. The summed E-state index contributed by atoms with van der Waals surface area (Å²) in [5.74, 6) is -1.23. The molecule has 0 bridgehead atoms. The summed E-state index contributed by atoms with van der Waals surface area (Å²) >= 11 is 0. The number of aliphatic hydroxyl groups is 1. The molecule has 3 saturated heterocycles. The number of ether oxygens (including phenoxy) is 5. The van der Waals surface area contributed by atoms with Crippen molar-refractivity contribution < 1.29 is 28.8 Å². The summed E-state index contributed by atoms with van der Waals surface area (Å²) in [5.41, 5.74) is 0. The molecule has 3 fully saturated rings. The second-order valence-electron chi connectivity index (χ2n) is 6.25. The zero-order chi connectivity index (χ0) is 14.9. The molecule has 6 nitrogen and oxygen atoms in total. The first-order chi connectivity index (χ1) is 10.2. The summed E-state index contributed by atoms with van der Waals surface area (Å²) in [6.45, 7) is 0.630. The van der Waals surface area contributed by atoms with Gasteiger partial charge in [0.05, 0.1) is 19.3 Å². The highest BCUT2D eigenvalue weighted by Crippen LogP contribution is 2.47. The van der Waals surface area contributed by atoms with Crippen molar-refractivity contribution in [2.75, 3.05) is 27.4 Å². The summed E-state index contributed by atoms with van der Waals surface area (Å²) in [6.07, 6.45) is 4.36. The Bertz CT molecular complexity index is 340. The van der Waals surface area contributed by atoms with Crippen LogP contribution >= 0.6 is 0 Å². The van der Waals surface area contributed by atoms with Gasteiger partial charge in [-0.05, 0) is 12.8 Å².